The molecule has 0 aromatic carbocycles. The van der Waals surface area contributed by atoms with Crippen molar-refractivity contribution in [2.75, 3.05) is 12.8 Å². The Morgan fingerprint density at radius 3 is 2.67 bits per heavy atom. The predicted octanol–water partition coefficient (Wildman–Crippen LogP) is 2.22. The van der Waals surface area contributed by atoms with Gasteiger partial charge in [-0.05, 0) is 12.2 Å². The first-order valence-electron chi connectivity index (χ1n) is 6.57. The highest BCUT2D eigenvalue weighted by Gasteiger charge is 2.29. The van der Waals surface area contributed by atoms with Crippen LogP contribution in [-0.4, -0.2) is 35.4 Å². The second kappa shape index (κ2) is 8.41. The molecule has 0 fully saturated rings. The van der Waals surface area contributed by atoms with Gasteiger partial charge in [0.05, 0.1) is 16.7 Å². The molecule has 0 unspecified atom stereocenters. The zero-order valence-electron chi connectivity index (χ0n) is 12.3. The molecule has 1 amide bonds. The maximum atomic E-state index is 11.9. The van der Waals surface area contributed by atoms with Crippen molar-refractivity contribution in [1.29, 1.82) is 0 Å². The van der Waals surface area contributed by atoms with Crippen LogP contribution < -0.4 is 5.32 Å². The number of Topliss-reactive ketones (excluding diaryl/α,β-unsaturated/α-hetero) is 1. The molecule has 1 N–H and O–H groups in total. The summed E-state index contributed by atoms with van der Waals surface area (Å²) in [5.41, 5.74) is 0.284. The van der Waals surface area contributed by atoms with Crippen LogP contribution in [0.2, 0.25) is 0 Å². The maximum absolute atomic E-state index is 11.9. The summed E-state index contributed by atoms with van der Waals surface area (Å²) < 4.78 is 4.74. The third kappa shape index (κ3) is 4.86. The third-order valence-corrected chi connectivity index (χ3v) is 3.74. The standard InChI is InChI=1S/C11H11NO3S.C3H7NO/c1-2-3-4-16-9-5-8(13)11-7(10(9)14)6-12-15-11;1-3(5)4-2/h5-6H,2-4H2,1H3;1-2H3,(H,4,5). The van der Waals surface area contributed by atoms with E-state index in [1.54, 1.807) is 7.05 Å². The Labute approximate surface area is 127 Å². The van der Waals surface area contributed by atoms with Crippen molar-refractivity contribution in [2.24, 2.45) is 0 Å². The van der Waals surface area contributed by atoms with E-state index < -0.39 is 0 Å². The van der Waals surface area contributed by atoms with E-state index in [4.69, 9.17) is 4.52 Å². The van der Waals surface area contributed by atoms with Crippen molar-refractivity contribution in [3.05, 3.63) is 28.5 Å². The molecule has 0 saturated carbocycles. The topological polar surface area (TPSA) is 89.3 Å². The number of unbranched alkanes of at least 4 members (excludes halogenated alkanes) is 1. The van der Waals surface area contributed by atoms with Gasteiger partial charge in [-0.25, -0.2) is 0 Å². The number of hydrogen-bond donors (Lipinski definition) is 1. The van der Waals surface area contributed by atoms with Crippen LogP contribution >= 0.6 is 11.8 Å². The molecule has 0 radical (unpaired) electrons. The molecule has 1 heterocycles. The zero-order valence-corrected chi connectivity index (χ0v) is 13.1. The van der Waals surface area contributed by atoms with Crippen LogP contribution in [0, 0.1) is 0 Å². The summed E-state index contributed by atoms with van der Waals surface area (Å²) >= 11 is 1.42. The minimum atomic E-state index is -0.272. The summed E-state index contributed by atoms with van der Waals surface area (Å²) in [6.07, 6.45) is 4.75. The molecule has 0 atom stereocenters. The van der Waals surface area contributed by atoms with Crippen LogP contribution in [0.3, 0.4) is 0 Å². The van der Waals surface area contributed by atoms with Gasteiger partial charge in [-0.2, -0.15) is 0 Å². The van der Waals surface area contributed by atoms with Gasteiger partial charge in [-0.15, -0.1) is 11.8 Å². The Morgan fingerprint density at radius 1 is 1.43 bits per heavy atom. The molecule has 21 heavy (non-hydrogen) atoms. The fourth-order valence-corrected chi connectivity index (χ4v) is 2.48. The van der Waals surface area contributed by atoms with Gasteiger partial charge >= 0.3 is 0 Å². The van der Waals surface area contributed by atoms with E-state index in [1.807, 2.05) is 0 Å². The van der Waals surface area contributed by atoms with Gasteiger partial charge in [-0.3, -0.25) is 14.4 Å². The number of carbonyl (C=O) groups is 3. The number of fused-ring (bicyclic) bond motifs is 1. The van der Waals surface area contributed by atoms with E-state index in [1.165, 1.54) is 31.0 Å². The fourth-order valence-electron chi connectivity index (χ4n) is 1.40. The Balaban J connectivity index is 0.000000383. The van der Waals surface area contributed by atoms with E-state index in [9.17, 15) is 14.4 Å². The Kier molecular flexibility index (Phi) is 6.87. The molecule has 0 saturated heterocycles. The largest absolute Gasteiger partial charge is 0.359 e. The van der Waals surface area contributed by atoms with E-state index in [0.29, 0.717) is 4.91 Å². The number of allylic oxidation sites excluding steroid dienone is 2. The van der Waals surface area contributed by atoms with Crippen molar-refractivity contribution in [2.45, 2.75) is 26.7 Å². The molecular formula is C14H18N2O4S. The lowest BCUT2D eigenvalue weighted by atomic mass is 10.0. The normalized spacial score (nSPS) is 13.0. The van der Waals surface area contributed by atoms with E-state index in [2.05, 4.69) is 17.4 Å². The summed E-state index contributed by atoms with van der Waals surface area (Å²) in [5.74, 6) is 0.486. The molecule has 0 aliphatic heterocycles. The highest BCUT2D eigenvalue weighted by molar-refractivity contribution is 8.04. The first-order chi connectivity index (χ1) is 10.0. The molecule has 6 nitrogen and oxygen atoms in total. The van der Waals surface area contributed by atoms with Gasteiger partial charge in [0.2, 0.25) is 23.2 Å². The Bertz CT molecular complexity index is 563. The van der Waals surface area contributed by atoms with Crippen LogP contribution in [0.5, 0.6) is 0 Å². The van der Waals surface area contributed by atoms with Crippen LogP contribution in [0.4, 0.5) is 0 Å². The first-order valence-corrected chi connectivity index (χ1v) is 7.56. The maximum Gasteiger partial charge on any atom is 0.225 e. The SMILES string of the molecule is CCCCSC1=CC(=O)c2oncc2C1=O.CNC(C)=O. The summed E-state index contributed by atoms with van der Waals surface area (Å²) in [6.45, 7) is 3.56. The monoisotopic (exact) mass is 310 g/mol. The molecular weight excluding hydrogens is 292 g/mol. The third-order valence-electron chi connectivity index (χ3n) is 2.63. The second-order valence-electron chi connectivity index (χ2n) is 4.28. The highest BCUT2D eigenvalue weighted by Crippen LogP contribution is 2.28. The molecule has 7 heteroatoms. The molecule has 114 valence electrons. The van der Waals surface area contributed by atoms with Crippen LogP contribution in [0.1, 0.15) is 47.6 Å². The van der Waals surface area contributed by atoms with Gasteiger partial charge in [-0.1, -0.05) is 18.5 Å². The molecule has 0 spiro atoms. The molecule has 1 aliphatic rings. The molecule has 1 aromatic rings. The fraction of sp³-hybridized carbons (Fsp3) is 0.429. The smallest absolute Gasteiger partial charge is 0.225 e. The van der Waals surface area contributed by atoms with Crippen molar-refractivity contribution in [3.63, 3.8) is 0 Å². The molecule has 0 bridgehead atoms. The van der Waals surface area contributed by atoms with E-state index in [-0.39, 0.29) is 28.8 Å². The van der Waals surface area contributed by atoms with Crippen molar-refractivity contribution in [3.8, 4) is 0 Å². The van der Waals surface area contributed by atoms with Gasteiger partial charge in [0.15, 0.2) is 0 Å². The van der Waals surface area contributed by atoms with E-state index in [0.717, 1.165) is 18.6 Å². The highest BCUT2D eigenvalue weighted by atomic mass is 32.2. The average Bonchev–Trinajstić information content (AvgIpc) is 2.95. The summed E-state index contributed by atoms with van der Waals surface area (Å²) in [7, 11) is 1.60. The lowest BCUT2D eigenvalue weighted by Crippen LogP contribution is -2.13. The van der Waals surface area contributed by atoms with Crippen LogP contribution in [-0.2, 0) is 4.79 Å². The number of thioether (sulfide) groups is 1. The summed E-state index contributed by atoms with van der Waals surface area (Å²) in [4.78, 5) is 33.6. The number of nitrogens with one attached hydrogen (secondary N) is 1. The van der Waals surface area contributed by atoms with Crippen LogP contribution in [0.15, 0.2) is 21.7 Å². The Morgan fingerprint density at radius 2 is 2.10 bits per heavy atom. The predicted molar refractivity (Wildman–Crippen MR) is 80.4 cm³/mol. The molecule has 1 aromatic heterocycles. The number of aromatic nitrogens is 1. The Hall–Kier alpha value is -1.89. The minimum absolute atomic E-state index is 0.00463. The number of carbonyl (C=O) groups excluding carboxylic acids is 3. The van der Waals surface area contributed by atoms with Crippen LogP contribution in [0.25, 0.3) is 0 Å². The van der Waals surface area contributed by atoms with Crippen molar-refractivity contribution < 1.29 is 18.9 Å². The van der Waals surface area contributed by atoms with Gasteiger partial charge in [0.25, 0.3) is 0 Å². The molecule has 1 aliphatic carbocycles. The second-order valence-corrected chi connectivity index (χ2v) is 5.42. The average molecular weight is 310 g/mol. The van der Waals surface area contributed by atoms with Crippen molar-refractivity contribution in [1.82, 2.24) is 10.5 Å². The van der Waals surface area contributed by atoms with Gasteiger partial charge in [0.1, 0.15) is 0 Å². The summed E-state index contributed by atoms with van der Waals surface area (Å²) in [6, 6.07) is 0. The lowest BCUT2D eigenvalue weighted by molar-refractivity contribution is -0.118. The van der Waals surface area contributed by atoms with Crippen molar-refractivity contribution >= 4 is 29.2 Å². The minimum Gasteiger partial charge on any atom is -0.359 e. The molecule has 2 rings (SSSR count). The van der Waals surface area contributed by atoms with E-state index >= 15 is 0 Å². The number of nitrogens with zero attached hydrogens (tertiary/aromatic N) is 1. The quantitative estimate of drug-likeness (QED) is 0.858. The van der Waals surface area contributed by atoms with Gasteiger partial charge in [0, 0.05) is 20.0 Å². The zero-order chi connectivity index (χ0) is 15.8. The number of amides is 1. The number of ketones is 2. The summed E-state index contributed by atoms with van der Waals surface area (Å²) in [5, 5.41) is 5.87. The number of rotatable bonds is 4. The van der Waals surface area contributed by atoms with Gasteiger partial charge < -0.3 is 9.84 Å². The number of hydrogen-bond acceptors (Lipinski definition) is 6. The first kappa shape index (κ1) is 17.2. The lowest BCUT2D eigenvalue weighted by Gasteiger charge is -2.08.